The van der Waals surface area contributed by atoms with Gasteiger partial charge >= 0.3 is 0 Å². The number of nitrogens with one attached hydrogen (secondary N) is 6. The number of nitrogens with zero attached hydrogens (tertiary/aromatic N) is 15. The Morgan fingerprint density at radius 3 is 1.34 bits per heavy atom. The van der Waals surface area contributed by atoms with E-state index in [4.69, 9.17) is 18.9 Å². The number of anilines is 9. The van der Waals surface area contributed by atoms with Gasteiger partial charge in [-0.15, -0.1) is 0 Å². The van der Waals surface area contributed by atoms with Crippen LogP contribution in [0.5, 0.6) is 0 Å². The molecule has 29 nitrogen and oxygen atoms in total. The highest BCUT2D eigenvalue weighted by Gasteiger charge is 2.39. The minimum Gasteiger partial charge on any atom is -0.387 e. The van der Waals surface area contributed by atoms with Crippen LogP contribution >= 0.6 is 0 Å². The van der Waals surface area contributed by atoms with Gasteiger partial charge in [-0.25, -0.2) is 34.3 Å². The molecular weight excluding hydrogens is 1430 g/mol. The van der Waals surface area contributed by atoms with Crippen molar-refractivity contribution in [3.8, 4) is 33.8 Å². The molecule has 0 unspecified atom stereocenters. The van der Waals surface area contributed by atoms with Crippen molar-refractivity contribution >= 4 is 86.2 Å². The number of benzene rings is 3. The van der Waals surface area contributed by atoms with Gasteiger partial charge in [-0.1, -0.05) is 18.2 Å². The third kappa shape index (κ3) is 14.9. The van der Waals surface area contributed by atoms with Crippen molar-refractivity contribution in [3.63, 3.8) is 0 Å². The number of morpholine rings is 2. The summed E-state index contributed by atoms with van der Waals surface area (Å²) < 4.78 is 42.6. The first-order chi connectivity index (χ1) is 54.2. The number of fused-ring (bicyclic) bond motifs is 6. The number of imidazole rings is 3. The number of ether oxygens (including phenoxy) is 4. The molecule has 3 atom stereocenters. The van der Waals surface area contributed by atoms with Crippen molar-refractivity contribution in [2.75, 3.05) is 118 Å². The van der Waals surface area contributed by atoms with Gasteiger partial charge in [0.1, 0.15) is 41.1 Å². The first kappa shape index (κ1) is 74.1. The summed E-state index contributed by atoms with van der Waals surface area (Å²) in [4.78, 5) is 82.6. The molecule has 3 saturated heterocycles. The van der Waals surface area contributed by atoms with E-state index < -0.39 is 5.60 Å². The number of hydrogen-bond acceptors (Lipinski definition) is 23. The van der Waals surface area contributed by atoms with E-state index in [0.717, 1.165) is 136 Å². The lowest BCUT2D eigenvalue weighted by atomic mass is 9.92. The Kier molecular flexibility index (Phi) is 20.3. The summed E-state index contributed by atoms with van der Waals surface area (Å²) >= 11 is 0. The Bertz CT molecular complexity index is 5300. The zero-order valence-electron chi connectivity index (χ0n) is 63.5. The number of piperidine rings is 1. The van der Waals surface area contributed by atoms with Gasteiger partial charge in [-0.3, -0.25) is 37.6 Å². The van der Waals surface area contributed by atoms with E-state index in [-0.39, 0.29) is 46.9 Å². The molecule has 12 aromatic rings. The quantitative estimate of drug-likeness (QED) is 0.0420. The molecule has 0 bridgehead atoms. The maximum Gasteiger partial charge on any atom is 0.254 e. The maximum absolute atomic E-state index is 13.7. The van der Waals surface area contributed by atoms with Crippen LogP contribution in [0.2, 0.25) is 0 Å². The van der Waals surface area contributed by atoms with Crippen molar-refractivity contribution < 1.29 is 42.8 Å². The summed E-state index contributed by atoms with van der Waals surface area (Å²) in [6, 6.07) is 26.3. The van der Waals surface area contributed by atoms with Gasteiger partial charge in [0.2, 0.25) is 0 Å². The van der Waals surface area contributed by atoms with E-state index in [1.165, 1.54) is 12.1 Å². The average molecular weight is 1510 g/mol. The van der Waals surface area contributed by atoms with Crippen LogP contribution in [0.3, 0.4) is 0 Å². The fraction of sp³-hybridized carbons (Fsp3) is 0.329. The molecule has 6 aliphatic heterocycles. The standard InChI is InChI=1S/C28H30FN7O2.2C27H29N7O3/c1-34(2)16-28(38)9-3-10-35(17-28)19-4-7-24(30-13-19)33-22-6-5-20(21-14-32-27(37)26(21)22)23-15-31-25-12-18(29)8-11-36(23)25;2*1-27(2,36-3)22-16-33(10-11-37-22)17-4-7-23(29-12-17)32-20-6-5-18(19-13-31-26(35)25(19)20)21-14-30-24-15-28-8-9-34(21)24/h4-8,11-13,15,38H,3,9-10,14,16-17H2,1-2H3,(H,30,33)(H,32,37);2*4-9,12,14-15,22H,10-11,13,16H2,1-3H3,(H,29,32)(H,31,35)/t28-;2*22-/m010/s1. The SMILES string of the molecule is CN(C)C[C@@]1(O)CCCN(c2ccc(Nc3ccc(-c4cnc5cc(F)ccn45)c4c3C(=O)NC4)nc2)C1.COC(C)(C)[C@@H]1CN(c2ccc(Nc3ccc(-c4cnc5cnccn45)c4c3C(=O)NC4)nc2)CCO1.COC(C)(C)[C@H]1CN(c2ccc(Nc3ccc(-c4cnc5cnccn45)c4c3C(=O)NC4)nc2)CCO1. The van der Waals surface area contributed by atoms with Crippen LogP contribution in [0.1, 0.15) is 88.3 Å². The minimum atomic E-state index is -0.747. The van der Waals surface area contributed by atoms with Gasteiger partial charge in [0.05, 0.1) is 147 Å². The molecule has 3 fully saturated rings. The van der Waals surface area contributed by atoms with Crippen LogP contribution in [0, 0.1) is 5.82 Å². The summed E-state index contributed by atoms with van der Waals surface area (Å²) in [5.74, 6) is 1.24. The topological polar surface area (TPSA) is 310 Å². The molecule has 18 rings (SSSR count). The largest absolute Gasteiger partial charge is 0.387 e. The second-order valence-corrected chi connectivity index (χ2v) is 30.0. The third-order valence-electron chi connectivity index (χ3n) is 21.9. The Balaban J connectivity index is 0.000000127. The predicted octanol–water partition coefficient (Wildman–Crippen LogP) is 10.2. The molecule has 6 aliphatic rings. The molecule has 7 N–H and O–H groups in total. The summed E-state index contributed by atoms with van der Waals surface area (Å²) in [6.07, 6.45) is 24.7. The van der Waals surface area contributed by atoms with Gasteiger partial charge in [0.15, 0.2) is 11.3 Å². The molecule has 112 heavy (non-hydrogen) atoms. The number of carbonyl (C=O) groups excluding carboxylic acids is 3. The predicted molar refractivity (Wildman–Crippen MR) is 425 cm³/mol. The normalized spacial score (nSPS) is 18.2. The van der Waals surface area contributed by atoms with Gasteiger partial charge in [-0.2, -0.15) is 0 Å². The first-order valence-electron chi connectivity index (χ1n) is 37.3. The van der Waals surface area contributed by atoms with Gasteiger partial charge in [0.25, 0.3) is 17.7 Å². The summed E-state index contributed by atoms with van der Waals surface area (Å²) in [6.45, 7) is 15.8. The van der Waals surface area contributed by atoms with Crippen LogP contribution in [-0.4, -0.2) is 197 Å². The van der Waals surface area contributed by atoms with Crippen molar-refractivity contribution in [3.05, 3.63) is 205 Å². The Labute approximate surface area is 645 Å². The Hall–Kier alpha value is -12.1. The first-order valence-corrected chi connectivity index (χ1v) is 37.3. The number of rotatable bonds is 18. The lowest BCUT2D eigenvalue weighted by Gasteiger charge is -2.41. The van der Waals surface area contributed by atoms with Crippen LogP contribution in [0.25, 0.3) is 50.7 Å². The minimum absolute atomic E-state index is 0.0344. The Morgan fingerprint density at radius 2 is 0.938 bits per heavy atom. The second-order valence-electron chi connectivity index (χ2n) is 30.0. The van der Waals surface area contributed by atoms with Crippen molar-refractivity contribution in [1.82, 2.24) is 73.9 Å². The number of aliphatic hydroxyl groups is 1. The lowest BCUT2D eigenvalue weighted by Crippen LogP contribution is -2.53. The summed E-state index contributed by atoms with van der Waals surface area (Å²) in [5, 5.41) is 29.9. The third-order valence-corrected chi connectivity index (χ3v) is 21.9. The van der Waals surface area contributed by atoms with Gasteiger partial charge in [0, 0.05) is 133 Å². The molecule has 15 heterocycles. The molecule has 3 amide bonds. The molecule has 9 aromatic heterocycles. The summed E-state index contributed by atoms with van der Waals surface area (Å²) in [7, 11) is 7.37. The number of pyridine rings is 4. The second kappa shape index (κ2) is 30.7. The number of hydrogen-bond donors (Lipinski definition) is 7. The van der Waals surface area contributed by atoms with E-state index in [1.54, 1.807) is 57.6 Å². The highest BCUT2D eigenvalue weighted by atomic mass is 19.1. The van der Waals surface area contributed by atoms with Gasteiger partial charge < -0.3 is 75.6 Å². The van der Waals surface area contributed by atoms with E-state index in [9.17, 15) is 23.9 Å². The highest BCUT2D eigenvalue weighted by molar-refractivity contribution is 6.08. The van der Waals surface area contributed by atoms with E-state index >= 15 is 0 Å². The number of likely N-dealkylation sites (N-methyl/N-ethyl adjacent to an activating group) is 1. The number of β-amino-alcohol motifs (C(OH)–C–C–N with tert-alkyl or cyclic N) is 1. The van der Waals surface area contributed by atoms with Crippen LogP contribution < -0.4 is 46.6 Å². The monoisotopic (exact) mass is 1510 g/mol. The van der Waals surface area contributed by atoms with Gasteiger partial charge in [-0.05, 0) is 132 Å². The lowest BCUT2D eigenvalue weighted by molar-refractivity contribution is -0.113. The van der Waals surface area contributed by atoms with Crippen molar-refractivity contribution in [1.29, 1.82) is 0 Å². The van der Waals surface area contributed by atoms with Crippen molar-refractivity contribution in [2.45, 2.75) is 89.2 Å². The number of amides is 3. The zero-order chi connectivity index (χ0) is 77.6. The molecule has 0 spiro atoms. The zero-order valence-corrected chi connectivity index (χ0v) is 63.5. The molecular formula is C82H88FN21O8. The molecule has 576 valence electrons. The smallest absolute Gasteiger partial charge is 0.254 e. The molecule has 0 saturated carbocycles. The number of aromatic nitrogens is 11. The van der Waals surface area contributed by atoms with E-state index in [1.807, 2.05) is 170 Å². The fourth-order valence-electron chi connectivity index (χ4n) is 15.6. The molecule has 3 aromatic carbocycles. The highest BCUT2D eigenvalue weighted by Crippen LogP contribution is 2.40. The molecule has 30 heteroatoms. The van der Waals surface area contributed by atoms with Crippen molar-refractivity contribution in [2.24, 2.45) is 0 Å². The summed E-state index contributed by atoms with van der Waals surface area (Å²) in [5.41, 5.74) is 15.6. The van der Waals surface area contributed by atoms with Crippen LogP contribution in [0.4, 0.5) is 56.0 Å². The number of methoxy groups -OCH3 is 2. The maximum atomic E-state index is 13.7. The van der Waals surface area contributed by atoms with E-state index in [2.05, 4.69) is 86.5 Å². The number of halogens is 1. The number of carbonyl (C=O) groups is 3. The fourth-order valence-corrected chi connectivity index (χ4v) is 15.6. The van der Waals surface area contributed by atoms with E-state index in [0.29, 0.717) is 91.4 Å². The van der Waals surface area contributed by atoms with Crippen LogP contribution in [-0.2, 0) is 38.6 Å². The molecule has 0 radical (unpaired) electrons. The molecule has 0 aliphatic carbocycles. The van der Waals surface area contributed by atoms with Crippen LogP contribution in [0.15, 0.2) is 165 Å². The Morgan fingerprint density at radius 1 is 0.527 bits per heavy atom. The average Bonchev–Trinajstić information content (AvgIpc) is 1.61.